The number of oxime groups is 1. The number of amides is 1. The van der Waals surface area contributed by atoms with Gasteiger partial charge in [0.15, 0.2) is 0 Å². The first-order chi connectivity index (χ1) is 11.3. The molecular weight excluding hydrogens is 292 g/mol. The van der Waals surface area contributed by atoms with E-state index < -0.39 is 12.1 Å². The molecular formula is C18H18N2O3. The first-order valence-electron chi connectivity index (χ1n) is 7.52. The van der Waals surface area contributed by atoms with Crippen molar-refractivity contribution in [3.8, 4) is 0 Å². The predicted octanol–water partition coefficient (Wildman–Crippen LogP) is 2.03. The fraction of sp³-hybridized carbons (Fsp3) is 0.222. The third-order valence-corrected chi connectivity index (χ3v) is 3.77. The minimum absolute atomic E-state index is 0.172. The molecule has 2 aromatic carbocycles. The average molecular weight is 310 g/mol. The molecule has 1 heterocycles. The predicted molar refractivity (Wildman–Crippen MR) is 86.9 cm³/mol. The van der Waals surface area contributed by atoms with Gasteiger partial charge in [0.25, 0.3) is 5.91 Å². The van der Waals surface area contributed by atoms with Crippen molar-refractivity contribution >= 4 is 11.6 Å². The molecule has 0 radical (unpaired) electrons. The highest BCUT2D eigenvalue weighted by molar-refractivity contribution is 6.04. The molecule has 2 N–H and O–H groups in total. The standard InChI is InChI=1S/C18H18N2O3/c21-12-16(14-9-5-2-6-10-14)19-18(22)17-11-15(20-23-17)13-7-3-1-4-8-13/h1-10,16-17,21H,11-12H2,(H,19,22)/t16-,17-/m0/s1. The summed E-state index contributed by atoms with van der Waals surface area (Å²) in [5.74, 6) is -0.275. The maximum absolute atomic E-state index is 12.3. The largest absolute Gasteiger partial charge is 0.394 e. The molecule has 3 rings (SSSR count). The SMILES string of the molecule is O=C(N[C@@H](CO)c1ccccc1)[C@@H]1CC(c2ccccc2)=NO1. The Morgan fingerprint density at radius 3 is 2.48 bits per heavy atom. The number of hydrogen-bond donors (Lipinski definition) is 2. The van der Waals surface area contributed by atoms with Crippen molar-refractivity contribution < 1.29 is 14.7 Å². The number of aliphatic hydroxyl groups is 1. The van der Waals surface area contributed by atoms with Gasteiger partial charge in [-0.3, -0.25) is 4.79 Å². The second-order valence-electron chi connectivity index (χ2n) is 5.36. The van der Waals surface area contributed by atoms with E-state index in [9.17, 15) is 9.90 Å². The molecule has 0 aromatic heterocycles. The Hall–Kier alpha value is -2.66. The van der Waals surface area contributed by atoms with E-state index in [1.54, 1.807) is 0 Å². The second kappa shape index (κ2) is 7.07. The lowest BCUT2D eigenvalue weighted by molar-refractivity contribution is -0.132. The van der Waals surface area contributed by atoms with Crippen molar-refractivity contribution in [1.29, 1.82) is 0 Å². The van der Waals surface area contributed by atoms with Crippen molar-refractivity contribution in [3.63, 3.8) is 0 Å². The Morgan fingerprint density at radius 1 is 1.17 bits per heavy atom. The molecule has 0 aliphatic carbocycles. The summed E-state index contributed by atoms with van der Waals surface area (Å²) in [6, 6.07) is 18.5. The van der Waals surface area contributed by atoms with Crippen LogP contribution in [0.1, 0.15) is 23.6 Å². The van der Waals surface area contributed by atoms with Gasteiger partial charge in [0.05, 0.1) is 18.4 Å². The van der Waals surface area contributed by atoms with Crippen LogP contribution in [0.3, 0.4) is 0 Å². The third-order valence-electron chi connectivity index (χ3n) is 3.77. The fourth-order valence-corrected chi connectivity index (χ4v) is 2.50. The van der Waals surface area contributed by atoms with Crippen LogP contribution in [0.25, 0.3) is 0 Å². The van der Waals surface area contributed by atoms with E-state index in [-0.39, 0.29) is 12.5 Å². The summed E-state index contributed by atoms with van der Waals surface area (Å²) in [4.78, 5) is 17.6. The Labute approximate surface area is 134 Å². The summed E-state index contributed by atoms with van der Waals surface area (Å²) in [5.41, 5.74) is 2.56. The normalized spacial score (nSPS) is 18.0. The summed E-state index contributed by atoms with van der Waals surface area (Å²) >= 11 is 0. The van der Waals surface area contributed by atoms with Gasteiger partial charge in [0, 0.05) is 6.42 Å². The van der Waals surface area contributed by atoms with Crippen molar-refractivity contribution in [2.45, 2.75) is 18.6 Å². The van der Waals surface area contributed by atoms with Crippen molar-refractivity contribution in [2.75, 3.05) is 6.61 Å². The number of aliphatic hydroxyl groups excluding tert-OH is 1. The summed E-state index contributed by atoms with van der Waals surface area (Å²) in [6.07, 6.45) is -0.244. The minimum atomic E-state index is -0.664. The van der Waals surface area contributed by atoms with Gasteiger partial charge in [-0.05, 0) is 11.1 Å². The molecule has 0 saturated carbocycles. The molecule has 2 atom stereocenters. The van der Waals surface area contributed by atoms with Crippen LogP contribution in [-0.2, 0) is 9.63 Å². The molecule has 0 spiro atoms. The maximum Gasteiger partial charge on any atom is 0.264 e. The fourth-order valence-electron chi connectivity index (χ4n) is 2.50. The number of rotatable bonds is 5. The van der Waals surface area contributed by atoms with Crippen LogP contribution < -0.4 is 5.32 Å². The Balaban J connectivity index is 1.62. The number of benzene rings is 2. The topological polar surface area (TPSA) is 70.9 Å². The molecule has 0 saturated heterocycles. The number of carbonyl (C=O) groups excluding carboxylic acids is 1. The summed E-state index contributed by atoms with van der Waals surface area (Å²) < 4.78 is 0. The molecule has 5 heteroatoms. The molecule has 0 bridgehead atoms. The van der Waals surface area contributed by atoms with E-state index in [4.69, 9.17) is 4.84 Å². The molecule has 1 aliphatic heterocycles. The Bertz CT molecular complexity index is 686. The molecule has 23 heavy (non-hydrogen) atoms. The van der Waals surface area contributed by atoms with Crippen LogP contribution in [0, 0.1) is 0 Å². The van der Waals surface area contributed by atoms with Crippen LogP contribution in [-0.4, -0.2) is 29.4 Å². The number of hydrogen-bond acceptors (Lipinski definition) is 4. The molecule has 118 valence electrons. The second-order valence-corrected chi connectivity index (χ2v) is 5.36. The zero-order valence-corrected chi connectivity index (χ0v) is 12.6. The molecule has 1 aliphatic rings. The van der Waals surface area contributed by atoms with Crippen molar-refractivity contribution in [2.24, 2.45) is 5.16 Å². The molecule has 1 amide bonds. The molecule has 2 aromatic rings. The smallest absolute Gasteiger partial charge is 0.264 e. The number of nitrogens with zero attached hydrogens (tertiary/aromatic N) is 1. The zero-order valence-electron chi connectivity index (χ0n) is 12.6. The van der Waals surface area contributed by atoms with Gasteiger partial charge in [0.1, 0.15) is 0 Å². The van der Waals surface area contributed by atoms with Gasteiger partial charge in [-0.15, -0.1) is 0 Å². The van der Waals surface area contributed by atoms with Crippen LogP contribution in [0.15, 0.2) is 65.8 Å². The van der Waals surface area contributed by atoms with Gasteiger partial charge < -0.3 is 15.3 Å². The van der Waals surface area contributed by atoms with E-state index in [1.807, 2.05) is 60.7 Å². The average Bonchev–Trinajstić information content (AvgIpc) is 3.11. The van der Waals surface area contributed by atoms with Gasteiger partial charge in [-0.1, -0.05) is 65.8 Å². The van der Waals surface area contributed by atoms with Gasteiger partial charge in [0.2, 0.25) is 6.10 Å². The highest BCUT2D eigenvalue weighted by Crippen LogP contribution is 2.18. The monoisotopic (exact) mass is 310 g/mol. The summed E-state index contributed by atoms with van der Waals surface area (Å²) in [5, 5.41) is 16.3. The Morgan fingerprint density at radius 2 is 1.83 bits per heavy atom. The van der Waals surface area contributed by atoms with Crippen LogP contribution >= 0.6 is 0 Å². The van der Waals surface area contributed by atoms with Crippen LogP contribution in [0.5, 0.6) is 0 Å². The first kappa shape index (κ1) is 15.2. The van der Waals surface area contributed by atoms with E-state index in [0.29, 0.717) is 6.42 Å². The number of nitrogens with one attached hydrogen (secondary N) is 1. The molecule has 5 nitrogen and oxygen atoms in total. The highest BCUT2D eigenvalue weighted by Gasteiger charge is 2.30. The lowest BCUT2D eigenvalue weighted by Crippen LogP contribution is -2.38. The van der Waals surface area contributed by atoms with Crippen LogP contribution in [0.4, 0.5) is 0 Å². The van der Waals surface area contributed by atoms with Gasteiger partial charge >= 0.3 is 0 Å². The minimum Gasteiger partial charge on any atom is -0.394 e. The quantitative estimate of drug-likeness (QED) is 0.887. The van der Waals surface area contributed by atoms with Crippen molar-refractivity contribution in [3.05, 3.63) is 71.8 Å². The maximum atomic E-state index is 12.3. The molecule has 0 unspecified atom stereocenters. The van der Waals surface area contributed by atoms with E-state index in [2.05, 4.69) is 10.5 Å². The van der Waals surface area contributed by atoms with E-state index >= 15 is 0 Å². The Kier molecular flexibility index (Phi) is 4.68. The van der Waals surface area contributed by atoms with Crippen molar-refractivity contribution in [1.82, 2.24) is 5.32 Å². The number of carbonyl (C=O) groups is 1. The van der Waals surface area contributed by atoms with Gasteiger partial charge in [-0.2, -0.15) is 0 Å². The summed E-state index contributed by atoms with van der Waals surface area (Å²) in [6.45, 7) is -0.172. The van der Waals surface area contributed by atoms with Crippen LogP contribution in [0.2, 0.25) is 0 Å². The lowest BCUT2D eigenvalue weighted by Gasteiger charge is -2.18. The van der Waals surface area contributed by atoms with Gasteiger partial charge in [-0.25, -0.2) is 0 Å². The van der Waals surface area contributed by atoms with E-state index in [1.165, 1.54) is 0 Å². The first-order valence-corrected chi connectivity index (χ1v) is 7.52. The summed E-state index contributed by atoms with van der Waals surface area (Å²) in [7, 11) is 0. The van der Waals surface area contributed by atoms with E-state index in [0.717, 1.165) is 16.8 Å². The molecule has 0 fully saturated rings. The zero-order chi connectivity index (χ0) is 16.1. The third kappa shape index (κ3) is 3.57. The lowest BCUT2D eigenvalue weighted by atomic mass is 10.0. The highest BCUT2D eigenvalue weighted by atomic mass is 16.6.